The minimum absolute atomic E-state index is 0.234. The third-order valence-electron chi connectivity index (χ3n) is 5.36. The first-order valence-electron chi connectivity index (χ1n) is 10.8. The number of ether oxygens (including phenoxy) is 1. The van der Waals surface area contributed by atoms with Crippen LogP contribution in [0.1, 0.15) is 17.0 Å². The highest BCUT2D eigenvalue weighted by atomic mass is 32.2. The summed E-state index contributed by atoms with van der Waals surface area (Å²) < 4.78 is 34.0. The monoisotopic (exact) mass is 469 g/mol. The Balaban J connectivity index is 1.30. The molecule has 1 heterocycles. The number of imidazole rings is 1. The van der Waals surface area contributed by atoms with Crippen LogP contribution in [0.15, 0.2) is 102 Å². The summed E-state index contributed by atoms with van der Waals surface area (Å²) >= 11 is 0. The maximum Gasteiger partial charge on any atom is 0.261 e. The van der Waals surface area contributed by atoms with Gasteiger partial charge in [-0.25, -0.2) is 13.4 Å². The molecule has 7 heteroatoms. The molecule has 0 saturated heterocycles. The van der Waals surface area contributed by atoms with Crippen molar-refractivity contribution in [1.82, 2.24) is 9.97 Å². The summed E-state index contributed by atoms with van der Waals surface area (Å²) in [5.74, 6) is 2.36. The van der Waals surface area contributed by atoms with Crippen molar-refractivity contribution in [3.8, 4) is 11.5 Å². The molecule has 5 rings (SSSR count). The van der Waals surface area contributed by atoms with Gasteiger partial charge < -0.3 is 9.72 Å². The molecule has 5 aromatic rings. The van der Waals surface area contributed by atoms with Crippen LogP contribution in [0.4, 0.5) is 5.69 Å². The van der Waals surface area contributed by atoms with Gasteiger partial charge in [0.05, 0.1) is 21.6 Å². The summed E-state index contributed by atoms with van der Waals surface area (Å²) in [6, 6.07) is 29.6. The van der Waals surface area contributed by atoms with Gasteiger partial charge in [-0.3, -0.25) is 4.72 Å². The van der Waals surface area contributed by atoms with Crippen molar-refractivity contribution in [1.29, 1.82) is 0 Å². The fourth-order valence-electron chi connectivity index (χ4n) is 3.70. The van der Waals surface area contributed by atoms with Gasteiger partial charge in [0.15, 0.2) is 0 Å². The molecule has 0 radical (unpaired) electrons. The zero-order valence-corrected chi connectivity index (χ0v) is 19.3. The van der Waals surface area contributed by atoms with Crippen LogP contribution < -0.4 is 9.46 Å². The lowest BCUT2D eigenvalue weighted by Crippen LogP contribution is -2.12. The third kappa shape index (κ3) is 4.94. The zero-order valence-electron chi connectivity index (χ0n) is 18.5. The third-order valence-corrected chi connectivity index (χ3v) is 6.74. The van der Waals surface area contributed by atoms with Crippen LogP contribution >= 0.6 is 0 Å². The van der Waals surface area contributed by atoms with E-state index < -0.39 is 10.0 Å². The Labute approximate surface area is 198 Å². The van der Waals surface area contributed by atoms with Crippen LogP contribution in [-0.2, 0) is 16.4 Å². The molecule has 0 aliphatic rings. The summed E-state index contributed by atoms with van der Waals surface area (Å²) in [6.07, 6.45) is 0.616. The molecule has 1 aromatic heterocycles. The number of anilines is 1. The summed E-state index contributed by atoms with van der Waals surface area (Å²) in [5, 5.41) is 0. The summed E-state index contributed by atoms with van der Waals surface area (Å²) in [5.41, 5.74) is 3.99. The Morgan fingerprint density at radius 3 is 2.38 bits per heavy atom. The number of benzene rings is 4. The van der Waals surface area contributed by atoms with Gasteiger partial charge in [0.25, 0.3) is 10.0 Å². The molecule has 2 N–H and O–H groups in total. The van der Waals surface area contributed by atoms with E-state index in [9.17, 15) is 8.42 Å². The molecule has 4 aromatic carbocycles. The number of para-hydroxylation sites is 1. The van der Waals surface area contributed by atoms with Crippen molar-refractivity contribution in [3.63, 3.8) is 0 Å². The highest BCUT2D eigenvalue weighted by molar-refractivity contribution is 7.92. The number of H-pyrrole nitrogens is 1. The van der Waals surface area contributed by atoms with Gasteiger partial charge in [0, 0.05) is 6.42 Å². The largest absolute Gasteiger partial charge is 0.457 e. The number of rotatable bonds is 7. The molecule has 0 amide bonds. The van der Waals surface area contributed by atoms with Crippen LogP contribution in [0.5, 0.6) is 11.5 Å². The topological polar surface area (TPSA) is 84.1 Å². The number of aromatic amines is 1. The van der Waals surface area contributed by atoms with Gasteiger partial charge in [-0.1, -0.05) is 42.5 Å². The van der Waals surface area contributed by atoms with Gasteiger partial charge in [0.1, 0.15) is 17.3 Å². The van der Waals surface area contributed by atoms with Crippen LogP contribution in [0.3, 0.4) is 0 Å². The van der Waals surface area contributed by atoms with Crippen LogP contribution in [0.2, 0.25) is 0 Å². The summed E-state index contributed by atoms with van der Waals surface area (Å²) in [4.78, 5) is 8.17. The Kier molecular flexibility index (Phi) is 5.77. The number of nitrogens with zero attached hydrogens (tertiary/aromatic N) is 1. The average Bonchev–Trinajstić information content (AvgIpc) is 3.22. The number of nitrogens with one attached hydrogen (secondary N) is 2. The second-order valence-electron chi connectivity index (χ2n) is 8.07. The quantitative estimate of drug-likeness (QED) is 0.304. The second-order valence-corrected chi connectivity index (χ2v) is 9.76. The molecule has 0 atom stereocenters. The molecule has 0 fully saturated rings. The Bertz CT molecular complexity index is 1540. The predicted molar refractivity (Wildman–Crippen MR) is 134 cm³/mol. The van der Waals surface area contributed by atoms with E-state index in [-0.39, 0.29) is 4.90 Å². The van der Waals surface area contributed by atoms with E-state index in [1.165, 1.54) is 0 Å². The van der Waals surface area contributed by atoms with E-state index in [0.717, 1.165) is 39.5 Å². The fourth-order valence-corrected chi connectivity index (χ4v) is 4.85. The lowest BCUT2D eigenvalue weighted by Gasteiger charge is -2.08. The predicted octanol–water partition coefficient (Wildman–Crippen LogP) is 6.06. The van der Waals surface area contributed by atoms with Gasteiger partial charge >= 0.3 is 0 Å². The number of sulfonamides is 1. The van der Waals surface area contributed by atoms with E-state index >= 15 is 0 Å². The van der Waals surface area contributed by atoms with Crippen LogP contribution in [-0.4, -0.2) is 18.4 Å². The van der Waals surface area contributed by atoms with E-state index in [1.807, 2.05) is 67.6 Å². The summed E-state index contributed by atoms with van der Waals surface area (Å²) in [6.45, 7) is 1.86. The van der Waals surface area contributed by atoms with Crippen molar-refractivity contribution in [2.24, 2.45) is 0 Å². The van der Waals surface area contributed by atoms with Crippen molar-refractivity contribution in [2.75, 3.05) is 4.72 Å². The van der Waals surface area contributed by atoms with Gasteiger partial charge in [-0.15, -0.1) is 0 Å². The van der Waals surface area contributed by atoms with Gasteiger partial charge in [0.2, 0.25) is 0 Å². The lowest BCUT2D eigenvalue weighted by molar-refractivity contribution is 0.482. The fraction of sp³-hybridized carbons (Fsp3) is 0.0741. The summed E-state index contributed by atoms with van der Waals surface area (Å²) in [7, 11) is -3.67. The average molecular weight is 470 g/mol. The molecule has 0 aliphatic heterocycles. The van der Waals surface area contributed by atoms with Crippen molar-refractivity contribution < 1.29 is 13.2 Å². The number of aromatic nitrogens is 2. The molecule has 170 valence electrons. The maximum absolute atomic E-state index is 12.7. The first-order valence-corrected chi connectivity index (χ1v) is 12.3. The molecule has 0 saturated carbocycles. The molecule has 0 spiro atoms. The lowest BCUT2D eigenvalue weighted by atomic mass is 10.1. The number of hydrogen-bond acceptors (Lipinski definition) is 4. The van der Waals surface area contributed by atoms with E-state index in [0.29, 0.717) is 12.1 Å². The number of hydrogen-bond donors (Lipinski definition) is 2. The number of aryl methyl sites for hydroxylation is 1. The molecule has 34 heavy (non-hydrogen) atoms. The number of fused-ring (bicyclic) bond motifs is 1. The zero-order chi connectivity index (χ0) is 23.5. The molecule has 0 aliphatic carbocycles. The minimum atomic E-state index is -3.67. The second kappa shape index (κ2) is 9.03. The first-order chi connectivity index (χ1) is 16.4. The molecule has 0 unspecified atom stereocenters. The van der Waals surface area contributed by atoms with Crippen molar-refractivity contribution >= 4 is 26.7 Å². The van der Waals surface area contributed by atoms with Crippen molar-refractivity contribution in [3.05, 3.63) is 114 Å². The SMILES string of the molecule is Cc1cccc(S(=O)(=O)Nc2ccc3nc(Cc4ccc(Oc5ccccc5)cc4)[nH]c3c2)c1. The molecular formula is C27H23N3O3S. The maximum atomic E-state index is 12.7. The smallest absolute Gasteiger partial charge is 0.261 e. The minimum Gasteiger partial charge on any atom is -0.457 e. The highest BCUT2D eigenvalue weighted by Crippen LogP contribution is 2.24. The Morgan fingerprint density at radius 1 is 0.853 bits per heavy atom. The van der Waals surface area contributed by atoms with Gasteiger partial charge in [-0.05, 0) is 72.6 Å². The van der Waals surface area contributed by atoms with E-state index in [2.05, 4.69) is 14.7 Å². The Morgan fingerprint density at radius 2 is 1.62 bits per heavy atom. The standard InChI is InChI=1S/C27H23N3O3S/c1-19-6-5-9-24(16-19)34(31,32)30-21-12-15-25-26(18-21)29-27(28-25)17-20-10-13-23(14-11-20)33-22-7-3-2-4-8-22/h2-16,18,30H,17H2,1H3,(H,28,29). The van der Waals surface area contributed by atoms with Gasteiger partial charge in [-0.2, -0.15) is 0 Å². The normalized spacial score (nSPS) is 11.4. The molecule has 6 nitrogen and oxygen atoms in total. The Hall–Kier alpha value is -4.10. The first kappa shape index (κ1) is 21.7. The molecule has 0 bridgehead atoms. The van der Waals surface area contributed by atoms with Crippen LogP contribution in [0, 0.1) is 6.92 Å². The van der Waals surface area contributed by atoms with Crippen LogP contribution in [0.25, 0.3) is 11.0 Å². The molecular weight excluding hydrogens is 446 g/mol. The highest BCUT2D eigenvalue weighted by Gasteiger charge is 2.15. The van der Waals surface area contributed by atoms with E-state index in [1.54, 1.807) is 36.4 Å². The van der Waals surface area contributed by atoms with E-state index in [4.69, 9.17) is 4.74 Å². The van der Waals surface area contributed by atoms with Crippen molar-refractivity contribution in [2.45, 2.75) is 18.2 Å².